The zero-order valence-corrected chi connectivity index (χ0v) is 22.3. The Balaban J connectivity index is 1.51. The van der Waals surface area contributed by atoms with Gasteiger partial charge in [0.2, 0.25) is 11.5 Å². The number of benzene rings is 3. The van der Waals surface area contributed by atoms with Gasteiger partial charge in [-0.05, 0) is 36.5 Å². The number of hydrogen-bond donors (Lipinski definition) is 0. The van der Waals surface area contributed by atoms with Crippen molar-refractivity contribution in [3.8, 4) is 23.1 Å². The minimum absolute atomic E-state index is 0.176. The average Bonchev–Trinajstić information content (AvgIpc) is 2.97. The molecule has 5 heteroatoms. The van der Waals surface area contributed by atoms with Gasteiger partial charge in [0.05, 0.1) is 32.6 Å². The third kappa shape index (κ3) is 8.01. The molecule has 3 aromatic carbocycles. The third-order valence-corrected chi connectivity index (χ3v) is 6.24. The van der Waals surface area contributed by atoms with E-state index < -0.39 is 0 Å². The summed E-state index contributed by atoms with van der Waals surface area (Å²) in [6.45, 7) is 6.03. The van der Waals surface area contributed by atoms with Gasteiger partial charge >= 0.3 is 0 Å². The van der Waals surface area contributed by atoms with Crippen LogP contribution >= 0.6 is 0 Å². The minimum Gasteiger partial charge on any atom is -0.488 e. The maximum absolute atomic E-state index is 6.40. The molecule has 4 aromatic rings. The van der Waals surface area contributed by atoms with Crippen LogP contribution in [0.3, 0.4) is 0 Å². The summed E-state index contributed by atoms with van der Waals surface area (Å²) >= 11 is 0. The highest BCUT2D eigenvalue weighted by Crippen LogP contribution is 2.43. The monoisotopic (exact) mass is 511 g/mol. The SMILES string of the molecule is CCOc1cnc(OCCCc2ccccc2)c(OCC(C)c2ccccc2)c1OCCc1ccccc1. The summed E-state index contributed by atoms with van der Waals surface area (Å²) in [4.78, 5) is 4.57. The van der Waals surface area contributed by atoms with Crippen molar-refractivity contribution in [2.75, 3.05) is 26.4 Å². The highest BCUT2D eigenvalue weighted by Gasteiger charge is 2.22. The first-order chi connectivity index (χ1) is 18.7. The molecule has 0 spiro atoms. The van der Waals surface area contributed by atoms with Gasteiger partial charge in [0, 0.05) is 12.3 Å². The average molecular weight is 512 g/mol. The van der Waals surface area contributed by atoms with Crippen molar-refractivity contribution in [3.05, 3.63) is 114 Å². The van der Waals surface area contributed by atoms with Crippen LogP contribution in [0.25, 0.3) is 0 Å². The Morgan fingerprint density at radius 1 is 0.658 bits per heavy atom. The molecule has 198 valence electrons. The maximum Gasteiger partial charge on any atom is 0.261 e. The van der Waals surface area contributed by atoms with Crippen LogP contribution < -0.4 is 18.9 Å². The molecule has 1 unspecified atom stereocenters. The molecular weight excluding hydrogens is 474 g/mol. The molecule has 1 atom stereocenters. The Morgan fingerprint density at radius 3 is 1.95 bits per heavy atom. The molecule has 0 aliphatic rings. The molecule has 0 fully saturated rings. The number of pyridine rings is 1. The van der Waals surface area contributed by atoms with Crippen molar-refractivity contribution in [1.29, 1.82) is 0 Å². The number of aromatic nitrogens is 1. The Kier molecular flexibility index (Phi) is 10.4. The molecule has 0 aliphatic carbocycles. The smallest absolute Gasteiger partial charge is 0.261 e. The number of aryl methyl sites for hydroxylation is 1. The lowest BCUT2D eigenvalue weighted by Crippen LogP contribution is -2.12. The molecule has 1 aromatic heterocycles. The summed E-state index contributed by atoms with van der Waals surface area (Å²) in [7, 11) is 0. The summed E-state index contributed by atoms with van der Waals surface area (Å²) in [6, 6.07) is 31.0. The molecule has 0 saturated heterocycles. The largest absolute Gasteiger partial charge is 0.488 e. The Bertz CT molecular complexity index is 1220. The Morgan fingerprint density at radius 2 is 1.29 bits per heavy atom. The molecular formula is C33H37NO4. The molecule has 38 heavy (non-hydrogen) atoms. The lowest BCUT2D eigenvalue weighted by atomic mass is 10.0. The van der Waals surface area contributed by atoms with Crippen LogP contribution in [-0.4, -0.2) is 31.4 Å². The number of rotatable bonds is 15. The Labute approximate surface area is 226 Å². The van der Waals surface area contributed by atoms with Crippen LogP contribution in [0.1, 0.15) is 42.9 Å². The van der Waals surface area contributed by atoms with Gasteiger partial charge in [-0.1, -0.05) is 97.9 Å². The van der Waals surface area contributed by atoms with Gasteiger partial charge in [0.15, 0.2) is 5.75 Å². The van der Waals surface area contributed by atoms with Crippen molar-refractivity contribution in [2.24, 2.45) is 0 Å². The first kappa shape index (κ1) is 27.1. The first-order valence-electron chi connectivity index (χ1n) is 13.4. The topological polar surface area (TPSA) is 49.8 Å². The summed E-state index contributed by atoms with van der Waals surface area (Å²) in [5.41, 5.74) is 3.70. The predicted molar refractivity (Wildman–Crippen MR) is 152 cm³/mol. The van der Waals surface area contributed by atoms with Crippen molar-refractivity contribution in [2.45, 2.75) is 39.0 Å². The molecule has 5 nitrogen and oxygen atoms in total. The van der Waals surface area contributed by atoms with Crippen LogP contribution in [0.15, 0.2) is 97.2 Å². The van der Waals surface area contributed by atoms with Gasteiger partial charge < -0.3 is 18.9 Å². The summed E-state index contributed by atoms with van der Waals surface area (Å²) < 4.78 is 24.8. The van der Waals surface area contributed by atoms with Crippen LogP contribution in [0.2, 0.25) is 0 Å². The van der Waals surface area contributed by atoms with E-state index in [0.717, 1.165) is 19.3 Å². The molecule has 1 heterocycles. The molecule has 0 radical (unpaired) electrons. The fourth-order valence-electron chi connectivity index (χ4n) is 4.16. The van der Waals surface area contributed by atoms with Crippen molar-refractivity contribution in [1.82, 2.24) is 4.98 Å². The molecule has 0 saturated carbocycles. The van der Waals surface area contributed by atoms with E-state index in [4.69, 9.17) is 18.9 Å². The number of hydrogen-bond acceptors (Lipinski definition) is 5. The van der Waals surface area contributed by atoms with E-state index in [1.54, 1.807) is 6.20 Å². The normalized spacial score (nSPS) is 11.5. The summed E-state index contributed by atoms with van der Waals surface area (Å²) in [5, 5.41) is 0. The van der Waals surface area contributed by atoms with E-state index in [0.29, 0.717) is 49.6 Å². The van der Waals surface area contributed by atoms with Gasteiger partial charge in [-0.25, -0.2) is 4.98 Å². The van der Waals surface area contributed by atoms with E-state index >= 15 is 0 Å². The van der Waals surface area contributed by atoms with Crippen LogP contribution in [-0.2, 0) is 12.8 Å². The highest BCUT2D eigenvalue weighted by molar-refractivity contribution is 5.55. The molecule has 0 bridgehead atoms. The fraction of sp³-hybridized carbons (Fsp3) is 0.303. The molecule has 0 amide bonds. The molecule has 0 aliphatic heterocycles. The lowest BCUT2D eigenvalue weighted by Gasteiger charge is -2.20. The second-order valence-electron chi connectivity index (χ2n) is 9.16. The van der Waals surface area contributed by atoms with E-state index in [1.807, 2.05) is 49.4 Å². The fourth-order valence-corrected chi connectivity index (χ4v) is 4.16. The van der Waals surface area contributed by atoms with E-state index in [1.165, 1.54) is 16.7 Å². The standard InChI is InChI=1S/C33H37NO4/c1-3-35-30-24-34-33(37-22-13-18-27-14-7-4-8-15-27)32(38-25-26(2)29-19-11-6-12-20-29)31(30)36-23-21-28-16-9-5-10-17-28/h4-12,14-17,19-20,24,26H,3,13,18,21-23,25H2,1-2H3. The Hall–Kier alpha value is -3.99. The zero-order valence-electron chi connectivity index (χ0n) is 22.3. The summed E-state index contributed by atoms with van der Waals surface area (Å²) in [5.74, 6) is 2.19. The van der Waals surface area contributed by atoms with E-state index in [9.17, 15) is 0 Å². The van der Waals surface area contributed by atoms with Crippen molar-refractivity contribution < 1.29 is 18.9 Å². The van der Waals surface area contributed by atoms with Gasteiger partial charge in [0.1, 0.15) is 0 Å². The van der Waals surface area contributed by atoms with Gasteiger partial charge in [-0.2, -0.15) is 0 Å². The minimum atomic E-state index is 0.176. The van der Waals surface area contributed by atoms with Crippen LogP contribution in [0.4, 0.5) is 0 Å². The maximum atomic E-state index is 6.40. The number of ether oxygens (including phenoxy) is 4. The predicted octanol–water partition coefficient (Wildman–Crippen LogP) is 7.30. The second-order valence-corrected chi connectivity index (χ2v) is 9.16. The van der Waals surface area contributed by atoms with Crippen LogP contribution in [0, 0.1) is 0 Å². The van der Waals surface area contributed by atoms with Crippen molar-refractivity contribution >= 4 is 0 Å². The number of nitrogens with zero attached hydrogens (tertiary/aromatic N) is 1. The van der Waals surface area contributed by atoms with Gasteiger partial charge in [-0.3, -0.25) is 0 Å². The zero-order chi connectivity index (χ0) is 26.4. The first-order valence-corrected chi connectivity index (χ1v) is 13.4. The van der Waals surface area contributed by atoms with Gasteiger partial charge in [-0.15, -0.1) is 0 Å². The molecule has 4 rings (SSSR count). The highest BCUT2D eigenvalue weighted by atomic mass is 16.6. The van der Waals surface area contributed by atoms with E-state index in [2.05, 4.69) is 60.4 Å². The second kappa shape index (κ2) is 14.7. The lowest BCUT2D eigenvalue weighted by molar-refractivity contribution is 0.217. The van der Waals surface area contributed by atoms with Crippen LogP contribution in [0.5, 0.6) is 23.1 Å². The van der Waals surface area contributed by atoms with E-state index in [-0.39, 0.29) is 5.92 Å². The molecule has 0 N–H and O–H groups in total. The third-order valence-electron chi connectivity index (χ3n) is 6.24. The van der Waals surface area contributed by atoms with Crippen molar-refractivity contribution in [3.63, 3.8) is 0 Å². The quantitative estimate of drug-likeness (QED) is 0.157. The summed E-state index contributed by atoms with van der Waals surface area (Å²) in [6.07, 6.45) is 4.23. The van der Waals surface area contributed by atoms with Gasteiger partial charge in [0.25, 0.3) is 5.88 Å².